The molecule has 0 aliphatic heterocycles. The van der Waals surface area contributed by atoms with Crippen molar-refractivity contribution in [2.24, 2.45) is 17.8 Å². The van der Waals surface area contributed by atoms with E-state index in [9.17, 15) is 28.8 Å². The number of amides is 6. The highest BCUT2D eigenvalue weighted by Crippen LogP contribution is 2.21. The number of rotatable bonds is 17. The van der Waals surface area contributed by atoms with Gasteiger partial charge in [0.1, 0.15) is 24.2 Å². The molecule has 0 bridgehead atoms. The van der Waals surface area contributed by atoms with Gasteiger partial charge in [0.05, 0.1) is 13.1 Å². The zero-order valence-corrected chi connectivity index (χ0v) is 27.7. The molecular weight excluding hydrogens is 542 g/mol. The smallest absolute Gasteiger partial charge is 0.245 e. The summed E-state index contributed by atoms with van der Waals surface area (Å²) < 4.78 is 0. The predicted octanol–water partition coefficient (Wildman–Crippen LogP) is -0.198. The average molecular weight is 598 g/mol. The largest absolute Gasteiger partial charge is 0.357 e. The molecule has 0 fully saturated rings. The van der Waals surface area contributed by atoms with Crippen LogP contribution < -0.4 is 21.3 Å². The van der Waals surface area contributed by atoms with E-state index in [1.807, 2.05) is 41.5 Å². The van der Waals surface area contributed by atoms with Crippen molar-refractivity contribution in [1.29, 1.82) is 0 Å². The summed E-state index contributed by atoms with van der Waals surface area (Å²) in [5.41, 5.74) is 0. The first-order valence-electron chi connectivity index (χ1n) is 14.6. The van der Waals surface area contributed by atoms with E-state index in [0.29, 0.717) is 12.8 Å². The van der Waals surface area contributed by atoms with Crippen LogP contribution in [0.2, 0.25) is 0 Å². The maximum Gasteiger partial charge on any atom is 0.245 e. The molecule has 4 N–H and O–H groups in total. The molecule has 0 unspecified atom stereocenters. The summed E-state index contributed by atoms with van der Waals surface area (Å²) in [7, 11) is 7.75. The van der Waals surface area contributed by atoms with Gasteiger partial charge in [0.15, 0.2) is 0 Å². The molecule has 6 amide bonds. The first kappa shape index (κ1) is 38.8. The lowest BCUT2D eigenvalue weighted by Gasteiger charge is -2.39. The van der Waals surface area contributed by atoms with Gasteiger partial charge < -0.3 is 36.0 Å². The van der Waals surface area contributed by atoms with E-state index in [1.54, 1.807) is 21.1 Å². The molecule has 242 valence electrons. The second kappa shape index (κ2) is 18.3. The van der Waals surface area contributed by atoms with E-state index in [4.69, 9.17) is 0 Å². The van der Waals surface area contributed by atoms with Gasteiger partial charge in [-0.15, -0.1) is 0 Å². The zero-order valence-electron chi connectivity index (χ0n) is 27.7. The van der Waals surface area contributed by atoms with Crippen molar-refractivity contribution in [2.45, 2.75) is 85.5 Å². The first-order valence-corrected chi connectivity index (χ1v) is 14.6. The first-order chi connectivity index (χ1) is 19.4. The summed E-state index contributed by atoms with van der Waals surface area (Å²) in [6.45, 7) is 12.7. The molecule has 0 aliphatic carbocycles. The fraction of sp³-hybridized carbons (Fsp3) is 0.793. The molecule has 0 rings (SSSR count). The second-order valence-electron chi connectivity index (χ2n) is 12.0. The fourth-order valence-corrected chi connectivity index (χ4v) is 4.79. The van der Waals surface area contributed by atoms with Gasteiger partial charge in [0.2, 0.25) is 35.4 Å². The third kappa shape index (κ3) is 11.9. The van der Waals surface area contributed by atoms with Crippen molar-refractivity contribution < 1.29 is 28.8 Å². The fourth-order valence-electron chi connectivity index (χ4n) is 4.79. The molecule has 4 atom stereocenters. The predicted molar refractivity (Wildman–Crippen MR) is 162 cm³/mol. The minimum atomic E-state index is -0.963. The van der Waals surface area contributed by atoms with E-state index >= 15 is 0 Å². The van der Waals surface area contributed by atoms with Crippen molar-refractivity contribution in [3.8, 4) is 0 Å². The van der Waals surface area contributed by atoms with Crippen molar-refractivity contribution in [2.75, 3.05) is 48.3 Å². The molecular formula is C29H55N7O6. The number of hydrogen-bond donors (Lipinski definition) is 4. The minimum absolute atomic E-state index is 0.0374. The Morgan fingerprint density at radius 3 is 1.48 bits per heavy atom. The Labute approximate surface area is 251 Å². The van der Waals surface area contributed by atoms with Crippen LogP contribution in [0.25, 0.3) is 0 Å². The molecule has 13 nitrogen and oxygen atoms in total. The molecule has 13 heteroatoms. The Morgan fingerprint density at radius 1 is 0.619 bits per heavy atom. The van der Waals surface area contributed by atoms with Crippen LogP contribution in [-0.2, 0) is 28.8 Å². The molecule has 0 saturated carbocycles. The van der Waals surface area contributed by atoms with Gasteiger partial charge in [-0.1, -0.05) is 41.5 Å². The number of carbonyl (C=O) groups is 6. The van der Waals surface area contributed by atoms with Crippen LogP contribution in [0.4, 0.5) is 0 Å². The minimum Gasteiger partial charge on any atom is -0.357 e. The van der Waals surface area contributed by atoms with E-state index in [2.05, 4.69) is 21.3 Å². The standard InChI is InChI=1S/C29H55N7O6/c1-17(2)13-21(34(10)27(40)20(7)33-24(38)16-32-23(37)15-30-8)28(41)35(11)22(14-18(3)4)29(42)36(12)25(19(5)6)26(39)31-9/h17-22,25,30H,13-16H2,1-12H3,(H,31,39)(H,32,37)(H,33,38)/t20-,21+,22+,25+/m1/s1. The Morgan fingerprint density at radius 2 is 1.07 bits per heavy atom. The van der Waals surface area contributed by atoms with Gasteiger partial charge in [-0.25, -0.2) is 0 Å². The van der Waals surface area contributed by atoms with E-state index < -0.39 is 41.9 Å². The quantitative estimate of drug-likeness (QED) is 0.181. The van der Waals surface area contributed by atoms with Crippen molar-refractivity contribution in [3.05, 3.63) is 0 Å². The Bertz CT molecular complexity index is 939. The number of hydrogen-bond acceptors (Lipinski definition) is 7. The van der Waals surface area contributed by atoms with Crippen molar-refractivity contribution >= 4 is 35.4 Å². The van der Waals surface area contributed by atoms with Gasteiger partial charge in [-0.3, -0.25) is 28.8 Å². The molecule has 0 saturated heterocycles. The van der Waals surface area contributed by atoms with Gasteiger partial charge in [-0.2, -0.15) is 0 Å². The molecule has 0 aromatic rings. The van der Waals surface area contributed by atoms with Gasteiger partial charge in [0.25, 0.3) is 0 Å². The van der Waals surface area contributed by atoms with Gasteiger partial charge in [-0.05, 0) is 44.6 Å². The lowest BCUT2D eigenvalue weighted by atomic mass is 9.96. The SMILES string of the molecule is CNCC(=O)NCC(=O)N[C@H](C)C(=O)N(C)[C@@H](CC(C)C)C(=O)N(C)[C@@H](CC(C)C)C(=O)N(C)[C@H](C(=O)NC)C(C)C. The van der Waals surface area contributed by atoms with Crippen LogP contribution in [0.15, 0.2) is 0 Å². The number of likely N-dealkylation sites (N-methyl/N-ethyl adjacent to an activating group) is 5. The van der Waals surface area contributed by atoms with Crippen LogP contribution in [0, 0.1) is 17.8 Å². The third-order valence-electron chi connectivity index (χ3n) is 7.03. The van der Waals surface area contributed by atoms with Crippen LogP contribution in [0.1, 0.15) is 61.3 Å². The van der Waals surface area contributed by atoms with Crippen LogP contribution >= 0.6 is 0 Å². The number of nitrogens with zero attached hydrogens (tertiary/aromatic N) is 3. The Hall–Kier alpha value is -3.22. The number of nitrogens with one attached hydrogen (secondary N) is 4. The summed E-state index contributed by atoms with van der Waals surface area (Å²) in [5.74, 6) is -2.52. The molecule has 0 radical (unpaired) electrons. The molecule has 0 heterocycles. The highest BCUT2D eigenvalue weighted by atomic mass is 16.2. The van der Waals surface area contributed by atoms with Gasteiger partial charge in [0, 0.05) is 28.2 Å². The van der Waals surface area contributed by atoms with Crippen molar-refractivity contribution in [1.82, 2.24) is 36.0 Å². The molecule has 42 heavy (non-hydrogen) atoms. The normalized spacial score (nSPS) is 14.1. The number of carbonyl (C=O) groups excluding carboxylic acids is 6. The molecule has 0 spiro atoms. The van der Waals surface area contributed by atoms with Crippen LogP contribution in [-0.4, -0.2) is 123 Å². The molecule has 0 aromatic heterocycles. The van der Waals surface area contributed by atoms with E-state index in [0.717, 1.165) is 0 Å². The monoisotopic (exact) mass is 597 g/mol. The van der Waals surface area contributed by atoms with Crippen LogP contribution in [0.5, 0.6) is 0 Å². The zero-order chi connectivity index (χ0) is 32.9. The average Bonchev–Trinajstić information content (AvgIpc) is 2.91. The lowest BCUT2D eigenvalue weighted by molar-refractivity contribution is -0.153. The highest BCUT2D eigenvalue weighted by molar-refractivity contribution is 5.95. The third-order valence-corrected chi connectivity index (χ3v) is 7.03. The van der Waals surface area contributed by atoms with E-state index in [-0.39, 0.29) is 48.6 Å². The Kier molecular flexibility index (Phi) is 16.9. The molecule has 0 aromatic carbocycles. The van der Waals surface area contributed by atoms with Gasteiger partial charge >= 0.3 is 0 Å². The summed E-state index contributed by atoms with van der Waals surface area (Å²) in [6.07, 6.45) is 0.694. The lowest BCUT2D eigenvalue weighted by Crippen LogP contribution is -2.59. The molecule has 0 aliphatic rings. The van der Waals surface area contributed by atoms with Crippen LogP contribution in [0.3, 0.4) is 0 Å². The maximum absolute atomic E-state index is 14.0. The highest BCUT2D eigenvalue weighted by Gasteiger charge is 2.39. The summed E-state index contributed by atoms with van der Waals surface area (Å²) >= 11 is 0. The van der Waals surface area contributed by atoms with E-state index in [1.165, 1.54) is 35.7 Å². The topological polar surface area (TPSA) is 160 Å². The van der Waals surface area contributed by atoms with Crippen molar-refractivity contribution in [3.63, 3.8) is 0 Å². The summed E-state index contributed by atoms with van der Waals surface area (Å²) in [4.78, 5) is 81.8. The second-order valence-corrected chi connectivity index (χ2v) is 12.0. The Balaban J connectivity index is 6.03. The summed E-state index contributed by atoms with van der Waals surface area (Å²) in [6, 6.07) is -3.44. The summed E-state index contributed by atoms with van der Waals surface area (Å²) in [5, 5.41) is 10.3. The maximum atomic E-state index is 14.0.